The fourth-order valence-corrected chi connectivity index (χ4v) is 1.83. The zero-order valence-electron chi connectivity index (χ0n) is 10.7. The van der Waals surface area contributed by atoms with Gasteiger partial charge in [0.15, 0.2) is 0 Å². The molecule has 0 heterocycles. The SMILES string of the molecule is Cc1c(Cl)cc(NC(=O)Oc2ccccc2)cc1C#N. The van der Waals surface area contributed by atoms with Gasteiger partial charge in [-0.15, -0.1) is 0 Å². The van der Waals surface area contributed by atoms with E-state index >= 15 is 0 Å². The molecule has 4 nitrogen and oxygen atoms in total. The van der Waals surface area contributed by atoms with Gasteiger partial charge < -0.3 is 4.74 Å². The minimum absolute atomic E-state index is 0.410. The average Bonchev–Trinajstić information content (AvgIpc) is 2.43. The molecule has 0 aromatic heterocycles. The lowest BCUT2D eigenvalue weighted by molar-refractivity contribution is 0.215. The van der Waals surface area contributed by atoms with E-state index in [0.29, 0.717) is 27.6 Å². The van der Waals surface area contributed by atoms with Crippen molar-refractivity contribution < 1.29 is 9.53 Å². The first-order valence-corrected chi connectivity index (χ1v) is 6.22. The van der Waals surface area contributed by atoms with Crippen LogP contribution < -0.4 is 10.1 Å². The molecule has 0 bridgehead atoms. The summed E-state index contributed by atoms with van der Waals surface area (Å²) in [5, 5.41) is 11.9. The second-order valence-corrected chi connectivity index (χ2v) is 4.48. The molecule has 0 aliphatic heterocycles. The van der Waals surface area contributed by atoms with E-state index in [1.165, 1.54) is 0 Å². The number of nitrogens with one attached hydrogen (secondary N) is 1. The Labute approximate surface area is 121 Å². The third-order valence-corrected chi connectivity index (χ3v) is 3.06. The highest BCUT2D eigenvalue weighted by molar-refractivity contribution is 6.31. The summed E-state index contributed by atoms with van der Waals surface area (Å²) in [6, 6.07) is 13.8. The Balaban J connectivity index is 2.13. The topological polar surface area (TPSA) is 62.1 Å². The number of hydrogen-bond acceptors (Lipinski definition) is 3. The number of nitrogens with zero attached hydrogens (tertiary/aromatic N) is 1. The van der Waals surface area contributed by atoms with Gasteiger partial charge in [-0.1, -0.05) is 29.8 Å². The monoisotopic (exact) mass is 286 g/mol. The van der Waals surface area contributed by atoms with E-state index in [0.717, 1.165) is 0 Å². The molecule has 0 fully saturated rings. The van der Waals surface area contributed by atoms with Crippen molar-refractivity contribution in [3.63, 3.8) is 0 Å². The van der Waals surface area contributed by atoms with Crippen LogP contribution in [0.5, 0.6) is 5.75 Å². The van der Waals surface area contributed by atoms with Crippen LogP contribution in [-0.4, -0.2) is 6.09 Å². The zero-order valence-corrected chi connectivity index (χ0v) is 11.4. The maximum absolute atomic E-state index is 11.7. The minimum Gasteiger partial charge on any atom is -0.410 e. The molecule has 0 spiro atoms. The van der Waals surface area contributed by atoms with Gasteiger partial charge in [0.25, 0.3) is 0 Å². The van der Waals surface area contributed by atoms with Gasteiger partial charge in [0, 0.05) is 10.7 Å². The molecule has 0 aliphatic rings. The lowest BCUT2D eigenvalue weighted by Crippen LogP contribution is -2.16. The Morgan fingerprint density at radius 1 is 1.30 bits per heavy atom. The van der Waals surface area contributed by atoms with Crippen molar-refractivity contribution >= 4 is 23.4 Å². The highest BCUT2D eigenvalue weighted by Crippen LogP contribution is 2.24. The summed E-state index contributed by atoms with van der Waals surface area (Å²) in [5.41, 5.74) is 1.50. The molecule has 100 valence electrons. The van der Waals surface area contributed by atoms with Gasteiger partial charge >= 0.3 is 6.09 Å². The van der Waals surface area contributed by atoms with Crippen LogP contribution >= 0.6 is 11.6 Å². The summed E-state index contributed by atoms with van der Waals surface area (Å²) in [6.07, 6.45) is -0.639. The zero-order chi connectivity index (χ0) is 14.5. The summed E-state index contributed by atoms with van der Waals surface area (Å²) >= 11 is 6.00. The molecule has 1 amide bonds. The number of benzene rings is 2. The number of amides is 1. The first kappa shape index (κ1) is 13.9. The van der Waals surface area contributed by atoms with Gasteiger partial charge in [-0.3, -0.25) is 5.32 Å². The van der Waals surface area contributed by atoms with Gasteiger partial charge in [0.1, 0.15) is 5.75 Å². The third kappa shape index (κ3) is 3.28. The molecule has 0 saturated carbocycles. The van der Waals surface area contributed by atoms with E-state index in [1.54, 1.807) is 43.3 Å². The fourth-order valence-electron chi connectivity index (χ4n) is 1.61. The molecule has 1 N–H and O–H groups in total. The highest BCUT2D eigenvalue weighted by atomic mass is 35.5. The maximum Gasteiger partial charge on any atom is 0.417 e. The number of rotatable bonds is 2. The van der Waals surface area contributed by atoms with E-state index in [-0.39, 0.29) is 0 Å². The highest BCUT2D eigenvalue weighted by Gasteiger charge is 2.09. The van der Waals surface area contributed by atoms with Crippen LogP contribution in [-0.2, 0) is 0 Å². The fraction of sp³-hybridized carbons (Fsp3) is 0.0667. The molecule has 2 aromatic rings. The Hall–Kier alpha value is -2.51. The van der Waals surface area contributed by atoms with Gasteiger partial charge in [-0.25, -0.2) is 4.79 Å². The van der Waals surface area contributed by atoms with Gasteiger partial charge in [0.2, 0.25) is 0 Å². The number of ether oxygens (including phenoxy) is 1. The van der Waals surface area contributed by atoms with Crippen molar-refractivity contribution in [3.05, 3.63) is 58.6 Å². The second kappa shape index (κ2) is 6.09. The van der Waals surface area contributed by atoms with Crippen molar-refractivity contribution in [1.29, 1.82) is 5.26 Å². The van der Waals surface area contributed by atoms with Gasteiger partial charge in [0.05, 0.1) is 11.6 Å². The second-order valence-electron chi connectivity index (χ2n) is 4.07. The van der Waals surface area contributed by atoms with E-state index < -0.39 is 6.09 Å². The van der Waals surface area contributed by atoms with Crippen LogP contribution in [0.1, 0.15) is 11.1 Å². The predicted molar refractivity (Wildman–Crippen MR) is 77.0 cm³/mol. The molecule has 2 aromatic carbocycles. The quantitative estimate of drug-likeness (QED) is 0.903. The van der Waals surface area contributed by atoms with Crippen molar-refractivity contribution in [2.45, 2.75) is 6.92 Å². The van der Waals surface area contributed by atoms with E-state index in [4.69, 9.17) is 21.6 Å². The minimum atomic E-state index is -0.639. The largest absolute Gasteiger partial charge is 0.417 e. The average molecular weight is 287 g/mol. The Bertz CT molecular complexity index is 678. The molecular formula is C15H11ClN2O2. The molecule has 0 unspecified atom stereocenters. The normalized spacial score (nSPS) is 9.65. The Kier molecular flexibility index (Phi) is 4.24. The summed E-state index contributed by atoms with van der Waals surface area (Å²) in [5.74, 6) is 0.434. The first-order valence-electron chi connectivity index (χ1n) is 5.84. The standard InChI is InChI=1S/C15H11ClN2O2/c1-10-11(9-17)7-12(8-14(10)16)18-15(19)20-13-5-3-2-4-6-13/h2-8H,1H3,(H,18,19). The maximum atomic E-state index is 11.7. The smallest absolute Gasteiger partial charge is 0.410 e. The summed E-state index contributed by atoms with van der Waals surface area (Å²) in [7, 11) is 0. The van der Waals surface area contributed by atoms with Crippen molar-refractivity contribution in [2.75, 3.05) is 5.32 Å². The van der Waals surface area contributed by atoms with Gasteiger partial charge in [-0.05, 0) is 36.8 Å². The van der Waals surface area contributed by atoms with Crippen LogP contribution in [0.3, 0.4) is 0 Å². The molecule has 0 saturated heterocycles. The van der Waals surface area contributed by atoms with E-state index in [1.807, 2.05) is 12.1 Å². The number of carbonyl (C=O) groups is 1. The van der Waals surface area contributed by atoms with Crippen LogP contribution in [0.15, 0.2) is 42.5 Å². The van der Waals surface area contributed by atoms with Crippen molar-refractivity contribution in [1.82, 2.24) is 0 Å². The van der Waals surface area contributed by atoms with E-state index in [2.05, 4.69) is 5.32 Å². The lowest BCUT2D eigenvalue weighted by atomic mass is 10.1. The molecule has 20 heavy (non-hydrogen) atoms. The van der Waals surface area contributed by atoms with Crippen LogP contribution in [0.4, 0.5) is 10.5 Å². The Morgan fingerprint density at radius 2 is 2.00 bits per heavy atom. The molecule has 0 radical (unpaired) electrons. The number of carbonyl (C=O) groups excluding carboxylic acids is 1. The first-order chi connectivity index (χ1) is 9.60. The number of anilines is 1. The predicted octanol–water partition coefficient (Wildman–Crippen LogP) is 4.13. The molecule has 0 aliphatic carbocycles. The molecular weight excluding hydrogens is 276 g/mol. The van der Waals surface area contributed by atoms with Crippen LogP contribution in [0, 0.1) is 18.3 Å². The van der Waals surface area contributed by atoms with Crippen molar-refractivity contribution in [3.8, 4) is 11.8 Å². The Morgan fingerprint density at radius 3 is 2.65 bits per heavy atom. The van der Waals surface area contributed by atoms with Crippen LogP contribution in [0.2, 0.25) is 5.02 Å². The number of hydrogen-bond donors (Lipinski definition) is 1. The summed E-state index contributed by atoms with van der Waals surface area (Å²) in [4.78, 5) is 11.7. The summed E-state index contributed by atoms with van der Waals surface area (Å²) < 4.78 is 5.09. The third-order valence-electron chi connectivity index (χ3n) is 2.66. The lowest BCUT2D eigenvalue weighted by Gasteiger charge is -2.09. The molecule has 0 atom stereocenters. The number of halogens is 1. The molecule has 2 rings (SSSR count). The molecule has 5 heteroatoms. The van der Waals surface area contributed by atoms with Crippen molar-refractivity contribution in [2.24, 2.45) is 0 Å². The van der Waals surface area contributed by atoms with E-state index in [9.17, 15) is 4.79 Å². The van der Waals surface area contributed by atoms with Gasteiger partial charge in [-0.2, -0.15) is 5.26 Å². The van der Waals surface area contributed by atoms with Crippen LogP contribution in [0.25, 0.3) is 0 Å². The number of para-hydroxylation sites is 1. The number of nitriles is 1. The summed E-state index contributed by atoms with van der Waals surface area (Å²) in [6.45, 7) is 1.74.